The molecule has 4 heteroatoms. The highest BCUT2D eigenvalue weighted by molar-refractivity contribution is 7.99. The molecule has 0 aliphatic carbocycles. The fourth-order valence-electron chi connectivity index (χ4n) is 1.10. The average Bonchev–Trinajstić information content (AvgIpc) is 2.16. The standard InChI is InChI=1S/C11H23NO2S/c1-10(2,9(13)14-5)7-12-8-11(3,4)15-6/h12H,7-8H2,1-6H3. The van der Waals surface area contributed by atoms with Gasteiger partial charge in [-0.1, -0.05) is 0 Å². The summed E-state index contributed by atoms with van der Waals surface area (Å²) in [6.45, 7) is 9.65. The van der Waals surface area contributed by atoms with Crippen LogP contribution < -0.4 is 5.32 Å². The Kier molecular flexibility index (Phi) is 5.67. The van der Waals surface area contributed by atoms with Crippen LogP contribution in [0, 0.1) is 5.41 Å². The molecule has 90 valence electrons. The lowest BCUT2D eigenvalue weighted by atomic mass is 9.93. The Morgan fingerprint density at radius 2 is 1.80 bits per heavy atom. The van der Waals surface area contributed by atoms with Gasteiger partial charge < -0.3 is 10.1 Å². The van der Waals surface area contributed by atoms with E-state index in [2.05, 4.69) is 25.4 Å². The predicted molar refractivity (Wildman–Crippen MR) is 66.3 cm³/mol. The molecule has 0 bridgehead atoms. The van der Waals surface area contributed by atoms with E-state index in [1.807, 2.05) is 25.6 Å². The van der Waals surface area contributed by atoms with Gasteiger partial charge in [-0.25, -0.2) is 0 Å². The van der Waals surface area contributed by atoms with Crippen LogP contribution in [0.4, 0.5) is 0 Å². The summed E-state index contributed by atoms with van der Waals surface area (Å²) in [5.74, 6) is -0.169. The first-order chi connectivity index (χ1) is 6.75. The normalized spacial score (nSPS) is 12.7. The van der Waals surface area contributed by atoms with Crippen molar-refractivity contribution in [2.24, 2.45) is 5.41 Å². The Balaban J connectivity index is 4.00. The third-order valence-electron chi connectivity index (χ3n) is 2.41. The van der Waals surface area contributed by atoms with Crippen molar-refractivity contribution in [3.63, 3.8) is 0 Å². The first kappa shape index (κ1) is 14.8. The van der Waals surface area contributed by atoms with E-state index < -0.39 is 5.41 Å². The Hall–Kier alpha value is -0.220. The Morgan fingerprint density at radius 3 is 2.20 bits per heavy atom. The van der Waals surface area contributed by atoms with Gasteiger partial charge >= 0.3 is 5.97 Å². The fourth-order valence-corrected chi connectivity index (χ4v) is 1.34. The van der Waals surface area contributed by atoms with Gasteiger partial charge in [-0.15, -0.1) is 0 Å². The molecule has 0 aromatic heterocycles. The largest absolute Gasteiger partial charge is 0.469 e. The summed E-state index contributed by atoms with van der Waals surface area (Å²) in [6.07, 6.45) is 2.09. The molecule has 0 aliphatic rings. The van der Waals surface area contributed by atoms with E-state index in [0.29, 0.717) is 6.54 Å². The lowest BCUT2D eigenvalue weighted by Crippen LogP contribution is -2.41. The summed E-state index contributed by atoms with van der Waals surface area (Å²) < 4.78 is 4.94. The van der Waals surface area contributed by atoms with Crippen LogP contribution in [0.3, 0.4) is 0 Å². The molecule has 3 nitrogen and oxygen atoms in total. The quantitative estimate of drug-likeness (QED) is 0.711. The van der Waals surface area contributed by atoms with E-state index in [9.17, 15) is 4.79 Å². The number of thioether (sulfide) groups is 1. The van der Waals surface area contributed by atoms with E-state index in [-0.39, 0.29) is 10.7 Å². The summed E-state index contributed by atoms with van der Waals surface area (Å²) >= 11 is 1.81. The van der Waals surface area contributed by atoms with Crippen molar-refractivity contribution in [3.05, 3.63) is 0 Å². The second kappa shape index (κ2) is 5.75. The number of rotatable bonds is 6. The number of nitrogens with one attached hydrogen (secondary N) is 1. The van der Waals surface area contributed by atoms with Crippen LogP contribution in [-0.4, -0.2) is 37.2 Å². The van der Waals surface area contributed by atoms with E-state index in [1.54, 1.807) is 0 Å². The topological polar surface area (TPSA) is 38.3 Å². The van der Waals surface area contributed by atoms with Crippen LogP contribution in [0.1, 0.15) is 27.7 Å². The lowest BCUT2D eigenvalue weighted by Gasteiger charge is -2.26. The molecule has 0 unspecified atom stereocenters. The van der Waals surface area contributed by atoms with Crippen molar-refractivity contribution < 1.29 is 9.53 Å². The van der Waals surface area contributed by atoms with Gasteiger partial charge in [0.25, 0.3) is 0 Å². The second-order valence-corrected chi connectivity index (χ2v) is 6.46. The van der Waals surface area contributed by atoms with E-state index in [1.165, 1.54) is 7.11 Å². The zero-order valence-corrected chi connectivity index (χ0v) is 11.5. The molecule has 0 aromatic rings. The van der Waals surface area contributed by atoms with Gasteiger partial charge in [-0.3, -0.25) is 4.79 Å². The highest BCUT2D eigenvalue weighted by Gasteiger charge is 2.29. The highest BCUT2D eigenvalue weighted by Crippen LogP contribution is 2.21. The van der Waals surface area contributed by atoms with E-state index in [4.69, 9.17) is 4.74 Å². The molecule has 0 saturated carbocycles. The van der Waals surface area contributed by atoms with Gasteiger partial charge in [0.05, 0.1) is 12.5 Å². The van der Waals surface area contributed by atoms with Gasteiger partial charge in [0, 0.05) is 17.8 Å². The van der Waals surface area contributed by atoms with Gasteiger partial charge in [0.2, 0.25) is 0 Å². The summed E-state index contributed by atoms with van der Waals surface area (Å²) in [5, 5.41) is 3.31. The van der Waals surface area contributed by atoms with Crippen LogP contribution in [0.2, 0.25) is 0 Å². The molecule has 0 atom stereocenters. The Morgan fingerprint density at radius 1 is 1.27 bits per heavy atom. The van der Waals surface area contributed by atoms with Gasteiger partial charge in [0.1, 0.15) is 0 Å². The predicted octanol–water partition coefficient (Wildman–Crippen LogP) is 1.92. The van der Waals surface area contributed by atoms with Crippen molar-refractivity contribution in [2.45, 2.75) is 32.4 Å². The number of carbonyl (C=O) groups excluding carboxylic acids is 1. The molecule has 15 heavy (non-hydrogen) atoms. The monoisotopic (exact) mass is 233 g/mol. The number of hydrogen-bond acceptors (Lipinski definition) is 4. The van der Waals surface area contributed by atoms with Crippen LogP contribution in [0.5, 0.6) is 0 Å². The van der Waals surface area contributed by atoms with Gasteiger partial charge in [-0.05, 0) is 34.0 Å². The molecule has 0 spiro atoms. The third-order valence-corrected chi connectivity index (χ3v) is 3.66. The molecule has 0 fully saturated rings. The van der Waals surface area contributed by atoms with Gasteiger partial charge in [-0.2, -0.15) is 11.8 Å². The molecule has 0 radical (unpaired) electrons. The fraction of sp³-hybridized carbons (Fsp3) is 0.909. The van der Waals surface area contributed by atoms with Crippen molar-refractivity contribution >= 4 is 17.7 Å². The van der Waals surface area contributed by atoms with Crippen LogP contribution in [0.25, 0.3) is 0 Å². The third kappa shape index (κ3) is 5.42. The molecular formula is C11H23NO2S. The summed E-state index contributed by atoms with van der Waals surface area (Å²) in [7, 11) is 1.43. The smallest absolute Gasteiger partial charge is 0.312 e. The number of hydrogen-bond donors (Lipinski definition) is 1. The van der Waals surface area contributed by atoms with E-state index in [0.717, 1.165) is 6.54 Å². The molecule has 0 rings (SSSR count). The van der Waals surface area contributed by atoms with Crippen molar-refractivity contribution in [1.29, 1.82) is 0 Å². The zero-order valence-electron chi connectivity index (χ0n) is 10.6. The Bertz CT molecular complexity index is 215. The molecule has 0 amide bonds. The maximum absolute atomic E-state index is 11.4. The summed E-state index contributed by atoms with van der Waals surface area (Å²) in [4.78, 5) is 11.4. The van der Waals surface area contributed by atoms with Crippen LogP contribution in [-0.2, 0) is 9.53 Å². The minimum atomic E-state index is -0.455. The summed E-state index contributed by atoms with van der Waals surface area (Å²) in [6, 6.07) is 0. The maximum Gasteiger partial charge on any atom is 0.312 e. The number of methoxy groups -OCH3 is 1. The highest BCUT2D eigenvalue weighted by atomic mass is 32.2. The molecule has 0 aliphatic heterocycles. The first-order valence-electron chi connectivity index (χ1n) is 5.09. The van der Waals surface area contributed by atoms with Crippen molar-refractivity contribution in [1.82, 2.24) is 5.32 Å². The molecule has 0 saturated heterocycles. The molecule has 0 heterocycles. The zero-order chi connectivity index (χ0) is 12.1. The lowest BCUT2D eigenvalue weighted by molar-refractivity contribution is -0.150. The van der Waals surface area contributed by atoms with Crippen molar-refractivity contribution in [3.8, 4) is 0 Å². The van der Waals surface area contributed by atoms with Crippen molar-refractivity contribution in [2.75, 3.05) is 26.5 Å². The first-order valence-corrected chi connectivity index (χ1v) is 6.32. The van der Waals surface area contributed by atoms with Crippen LogP contribution >= 0.6 is 11.8 Å². The number of ether oxygens (including phenoxy) is 1. The molecule has 1 N–H and O–H groups in total. The Labute approximate surface area is 97.3 Å². The molecular weight excluding hydrogens is 210 g/mol. The molecule has 0 aromatic carbocycles. The van der Waals surface area contributed by atoms with E-state index >= 15 is 0 Å². The van der Waals surface area contributed by atoms with Gasteiger partial charge in [0.15, 0.2) is 0 Å². The minimum absolute atomic E-state index is 0.169. The minimum Gasteiger partial charge on any atom is -0.469 e. The second-order valence-electron chi connectivity index (χ2n) is 4.94. The average molecular weight is 233 g/mol. The number of esters is 1. The summed E-state index contributed by atoms with van der Waals surface area (Å²) in [5.41, 5.74) is -0.455. The SMILES string of the molecule is COC(=O)C(C)(C)CNCC(C)(C)SC. The van der Waals surface area contributed by atoms with Crippen LogP contribution in [0.15, 0.2) is 0 Å². The maximum atomic E-state index is 11.4. The number of carbonyl (C=O) groups is 1.